The minimum atomic E-state index is -0.415. The summed E-state index contributed by atoms with van der Waals surface area (Å²) in [5, 5.41) is 13.2. The Labute approximate surface area is 133 Å². The molecular formula is C16H18N2O3S. The van der Waals surface area contributed by atoms with Crippen molar-refractivity contribution in [3.63, 3.8) is 0 Å². The molecule has 0 radical (unpaired) electrons. The highest BCUT2D eigenvalue weighted by Crippen LogP contribution is 2.31. The molecule has 5 nitrogen and oxygen atoms in total. The molecule has 22 heavy (non-hydrogen) atoms. The number of carbonyl (C=O) groups excluding carboxylic acids is 1. The van der Waals surface area contributed by atoms with Crippen LogP contribution in [0.5, 0.6) is 0 Å². The van der Waals surface area contributed by atoms with Crippen molar-refractivity contribution in [1.82, 2.24) is 10.3 Å². The Morgan fingerprint density at radius 3 is 2.95 bits per heavy atom. The Hall–Kier alpha value is -1.76. The first-order valence-electron chi connectivity index (χ1n) is 7.32. The van der Waals surface area contributed by atoms with Crippen molar-refractivity contribution in [2.24, 2.45) is 0 Å². The van der Waals surface area contributed by atoms with E-state index < -0.39 is 6.04 Å². The number of ether oxygens (including phenoxy) is 1. The number of aromatic nitrogens is 1. The molecule has 1 aromatic carbocycles. The van der Waals surface area contributed by atoms with Gasteiger partial charge in [-0.05, 0) is 18.4 Å². The number of nitrogens with zero attached hydrogens (tertiary/aromatic N) is 1. The fourth-order valence-electron chi connectivity index (χ4n) is 2.46. The Morgan fingerprint density at radius 2 is 2.27 bits per heavy atom. The van der Waals surface area contributed by atoms with Gasteiger partial charge in [0.2, 0.25) is 0 Å². The third-order valence-electron chi connectivity index (χ3n) is 3.64. The van der Waals surface area contributed by atoms with Gasteiger partial charge in [-0.25, -0.2) is 4.98 Å². The predicted molar refractivity (Wildman–Crippen MR) is 83.8 cm³/mol. The van der Waals surface area contributed by atoms with Crippen LogP contribution in [0.2, 0.25) is 0 Å². The molecule has 0 bridgehead atoms. The molecule has 0 aliphatic carbocycles. The highest BCUT2D eigenvalue weighted by molar-refractivity contribution is 7.13. The maximum absolute atomic E-state index is 12.3. The molecule has 2 aromatic rings. The smallest absolute Gasteiger partial charge is 0.263 e. The van der Waals surface area contributed by atoms with Crippen LogP contribution in [0.25, 0.3) is 0 Å². The first kappa shape index (κ1) is 15.1. The van der Waals surface area contributed by atoms with Crippen LogP contribution in [-0.4, -0.2) is 29.2 Å². The molecule has 0 spiro atoms. The zero-order valence-corrected chi connectivity index (χ0v) is 12.9. The fourth-order valence-corrected chi connectivity index (χ4v) is 3.37. The molecule has 0 saturated carbocycles. The largest absolute Gasteiger partial charge is 0.394 e. The lowest BCUT2D eigenvalue weighted by Gasteiger charge is -2.15. The van der Waals surface area contributed by atoms with Crippen molar-refractivity contribution in [3.8, 4) is 0 Å². The topological polar surface area (TPSA) is 71.5 Å². The van der Waals surface area contributed by atoms with Gasteiger partial charge in [0.25, 0.3) is 5.91 Å². The van der Waals surface area contributed by atoms with Gasteiger partial charge in [-0.2, -0.15) is 0 Å². The van der Waals surface area contributed by atoms with Gasteiger partial charge in [0, 0.05) is 6.61 Å². The molecule has 6 heteroatoms. The highest BCUT2D eigenvalue weighted by atomic mass is 32.1. The zero-order valence-electron chi connectivity index (χ0n) is 12.1. The minimum absolute atomic E-state index is 0.0225. The maximum atomic E-state index is 12.3. The molecule has 2 N–H and O–H groups in total. The van der Waals surface area contributed by atoms with Crippen LogP contribution in [-0.2, 0) is 4.74 Å². The van der Waals surface area contributed by atoms with E-state index in [0.29, 0.717) is 4.88 Å². The molecule has 2 unspecified atom stereocenters. The molecule has 1 saturated heterocycles. The number of hydrogen-bond donors (Lipinski definition) is 2. The number of aliphatic hydroxyl groups excluding tert-OH is 1. The van der Waals surface area contributed by atoms with Crippen LogP contribution in [0.4, 0.5) is 0 Å². The van der Waals surface area contributed by atoms with Crippen molar-refractivity contribution in [2.45, 2.75) is 25.0 Å². The van der Waals surface area contributed by atoms with Gasteiger partial charge in [-0.1, -0.05) is 30.3 Å². The van der Waals surface area contributed by atoms with Crippen molar-refractivity contribution < 1.29 is 14.6 Å². The van der Waals surface area contributed by atoms with Crippen molar-refractivity contribution in [3.05, 3.63) is 52.0 Å². The molecule has 1 aromatic heterocycles. The lowest BCUT2D eigenvalue weighted by Crippen LogP contribution is -2.30. The second-order valence-electron chi connectivity index (χ2n) is 5.18. The lowest BCUT2D eigenvalue weighted by atomic mass is 10.1. The van der Waals surface area contributed by atoms with Gasteiger partial charge >= 0.3 is 0 Å². The maximum Gasteiger partial charge on any atom is 0.263 e. The summed E-state index contributed by atoms with van der Waals surface area (Å²) in [6.07, 6.45) is 3.59. The number of thiazole rings is 1. The van der Waals surface area contributed by atoms with E-state index in [1.54, 1.807) is 6.20 Å². The van der Waals surface area contributed by atoms with Crippen LogP contribution >= 0.6 is 11.3 Å². The Bertz CT molecular complexity index is 623. The molecule has 1 aliphatic heterocycles. The predicted octanol–water partition coefficient (Wildman–Crippen LogP) is 2.46. The summed E-state index contributed by atoms with van der Waals surface area (Å²) in [7, 11) is 0. The first-order chi connectivity index (χ1) is 10.8. The van der Waals surface area contributed by atoms with Crippen LogP contribution in [0.15, 0.2) is 36.5 Å². The highest BCUT2D eigenvalue weighted by Gasteiger charge is 2.23. The Balaban J connectivity index is 1.68. The number of rotatable bonds is 5. The van der Waals surface area contributed by atoms with Gasteiger partial charge in [-0.3, -0.25) is 4.79 Å². The van der Waals surface area contributed by atoms with E-state index in [-0.39, 0.29) is 18.6 Å². The second-order valence-corrected chi connectivity index (χ2v) is 6.25. The molecule has 116 valence electrons. The van der Waals surface area contributed by atoms with E-state index in [9.17, 15) is 9.90 Å². The summed E-state index contributed by atoms with van der Waals surface area (Å²) in [5.74, 6) is -0.218. The molecule has 1 amide bonds. The van der Waals surface area contributed by atoms with E-state index in [1.807, 2.05) is 30.3 Å². The van der Waals surface area contributed by atoms with Crippen LogP contribution in [0, 0.1) is 0 Å². The van der Waals surface area contributed by atoms with Crippen molar-refractivity contribution in [2.75, 3.05) is 13.2 Å². The Morgan fingerprint density at radius 1 is 1.45 bits per heavy atom. The second kappa shape index (κ2) is 7.00. The van der Waals surface area contributed by atoms with Gasteiger partial charge in [0.1, 0.15) is 16.0 Å². The van der Waals surface area contributed by atoms with Gasteiger partial charge in [0.15, 0.2) is 0 Å². The Kier molecular flexibility index (Phi) is 4.82. The summed E-state index contributed by atoms with van der Waals surface area (Å²) in [4.78, 5) is 17.2. The fraction of sp³-hybridized carbons (Fsp3) is 0.375. The average molecular weight is 318 g/mol. The van der Waals surface area contributed by atoms with E-state index in [2.05, 4.69) is 10.3 Å². The molecule has 2 heterocycles. The third-order valence-corrected chi connectivity index (χ3v) is 4.73. The van der Waals surface area contributed by atoms with Crippen LogP contribution < -0.4 is 5.32 Å². The van der Waals surface area contributed by atoms with Crippen LogP contribution in [0.3, 0.4) is 0 Å². The molecule has 1 aliphatic rings. The third kappa shape index (κ3) is 3.35. The minimum Gasteiger partial charge on any atom is -0.394 e. The lowest BCUT2D eigenvalue weighted by molar-refractivity contribution is 0.0920. The summed E-state index contributed by atoms with van der Waals surface area (Å²) < 4.78 is 5.58. The van der Waals surface area contributed by atoms with E-state index in [1.165, 1.54) is 11.3 Å². The molecule has 3 rings (SSSR count). The van der Waals surface area contributed by atoms with Gasteiger partial charge in [0.05, 0.1) is 18.8 Å². The molecule has 2 atom stereocenters. The first-order valence-corrected chi connectivity index (χ1v) is 8.13. The SMILES string of the molecule is O=C(NC(CO)c1ccccc1)c1cnc(C2CCCO2)s1. The van der Waals surface area contributed by atoms with Crippen LogP contribution in [0.1, 0.15) is 45.2 Å². The number of amides is 1. The van der Waals surface area contributed by atoms with E-state index >= 15 is 0 Å². The normalized spacial score (nSPS) is 19.0. The summed E-state index contributed by atoms with van der Waals surface area (Å²) in [6, 6.07) is 9.01. The number of aliphatic hydroxyl groups is 1. The zero-order chi connectivity index (χ0) is 15.4. The van der Waals surface area contributed by atoms with Crippen molar-refractivity contribution >= 4 is 17.2 Å². The number of nitrogens with one attached hydrogen (secondary N) is 1. The number of benzene rings is 1. The summed E-state index contributed by atoms with van der Waals surface area (Å²) >= 11 is 1.36. The van der Waals surface area contributed by atoms with E-state index in [4.69, 9.17) is 4.74 Å². The average Bonchev–Trinajstić information content (AvgIpc) is 3.23. The van der Waals surface area contributed by atoms with Gasteiger partial charge in [-0.15, -0.1) is 11.3 Å². The molecular weight excluding hydrogens is 300 g/mol. The van der Waals surface area contributed by atoms with Crippen molar-refractivity contribution in [1.29, 1.82) is 0 Å². The van der Waals surface area contributed by atoms with E-state index in [0.717, 1.165) is 30.0 Å². The summed E-state index contributed by atoms with van der Waals surface area (Å²) in [6.45, 7) is 0.611. The standard InChI is InChI=1S/C16H18N2O3S/c19-10-12(11-5-2-1-3-6-11)18-15(20)14-9-17-16(22-14)13-7-4-8-21-13/h1-3,5-6,9,12-13,19H,4,7-8,10H2,(H,18,20). The quantitative estimate of drug-likeness (QED) is 0.888. The van der Waals surface area contributed by atoms with Gasteiger partial charge < -0.3 is 15.2 Å². The number of hydrogen-bond acceptors (Lipinski definition) is 5. The molecule has 1 fully saturated rings. The summed E-state index contributed by atoms with van der Waals surface area (Å²) in [5.41, 5.74) is 0.877. The number of carbonyl (C=O) groups is 1. The monoisotopic (exact) mass is 318 g/mol.